The van der Waals surface area contributed by atoms with Crippen LogP contribution in [0.4, 0.5) is 0 Å². The molecule has 1 atom stereocenters. The monoisotopic (exact) mass is 276 g/mol. The molecule has 1 unspecified atom stereocenters. The van der Waals surface area contributed by atoms with Crippen molar-refractivity contribution in [3.8, 4) is 0 Å². The Labute approximate surface area is 115 Å². The summed E-state index contributed by atoms with van der Waals surface area (Å²) in [6.45, 7) is 0.785. The molecule has 3 rings (SSSR count). The third kappa shape index (κ3) is 1.90. The lowest BCUT2D eigenvalue weighted by atomic mass is 9.84. The summed E-state index contributed by atoms with van der Waals surface area (Å²) in [5.74, 6) is -0.801. The Kier molecular flexibility index (Phi) is 3.04. The maximum Gasteiger partial charge on any atom is 0.319 e. The summed E-state index contributed by atoms with van der Waals surface area (Å²) in [7, 11) is 0. The van der Waals surface area contributed by atoms with Crippen LogP contribution in [0.25, 0.3) is 0 Å². The van der Waals surface area contributed by atoms with E-state index in [-0.39, 0.29) is 18.9 Å². The first-order chi connectivity index (χ1) is 9.63. The highest BCUT2D eigenvalue weighted by Gasteiger charge is 2.47. The van der Waals surface area contributed by atoms with Gasteiger partial charge < -0.3 is 10.4 Å². The van der Waals surface area contributed by atoms with Crippen molar-refractivity contribution in [1.29, 1.82) is 0 Å². The predicted octanol–water partition coefficient (Wildman–Crippen LogP) is 0.650. The maximum absolute atomic E-state index is 12.4. The summed E-state index contributed by atoms with van der Waals surface area (Å²) in [6.07, 6.45) is 7.09. The van der Waals surface area contributed by atoms with E-state index in [1.165, 1.54) is 6.33 Å². The Balaban J connectivity index is 1.79. The molecule has 1 aromatic rings. The summed E-state index contributed by atoms with van der Waals surface area (Å²) in [5, 5.41) is 16.3. The normalized spacial score (nSPS) is 23.3. The zero-order chi connectivity index (χ0) is 14.2. The third-order valence-corrected chi connectivity index (χ3v) is 4.07. The predicted molar refractivity (Wildman–Crippen MR) is 68.6 cm³/mol. The van der Waals surface area contributed by atoms with Gasteiger partial charge in [-0.15, -0.1) is 0 Å². The second kappa shape index (κ2) is 4.73. The third-order valence-electron chi connectivity index (χ3n) is 4.07. The van der Waals surface area contributed by atoms with E-state index < -0.39 is 17.3 Å². The Morgan fingerprint density at radius 3 is 2.85 bits per heavy atom. The lowest BCUT2D eigenvalue weighted by Gasteiger charge is -2.28. The van der Waals surface area contributed by atoms with Gasteiger partial charge >= 0.3 is 5.97 Å². The average Bonchev–Trinajstić information content (AvgIpc) is 3.09. The molecule has 0 fully saturated rings. The molecule has 2 heterocycles. The van der Waals surface area contributed by atoms with Crippen LogP contribution in [0.1, 0.15) is 37.5 Å². The molecule has 7 heteroatoms. The summed E-state index contributed by atoms with van der Waals surface area (Å²) >= 11 is 0. The molecule has 1 amide bonds. The van der Waals surface area contributed by atoms with Crippen LogP contribution in [-0.4, -0.2) is 31.7 Å². The maximum atomic E-state index is 12.4. The van der Waals surface area contributed by atoms with E-state index in [4.69, 9.17) is 0 Å². The van der Waals surface area contributed by atoms with Gasteiger partial charge in [0.15, 0.2) is 5.41 Å². The lowest BCUT2D eigenvalue weighted by Crippen LogP contribution is -2.47. The van der Waals surface area contributed by atoms with Gasteiger partial charge in [0.2, 0.25) is 5.91 Å². The van der Waals surface area contributed by atoms with Gasteiger partial charge in [0, 0.05) is 6.54 Å². The number of aliphatic carboxylic acids is 1. The Morgan fingerprint density at radius 1 is 1.40 bits per heavy atom. The molecule has 0 saturated heterocycles. The van der Waals surface area contributed by atoms with Crippen LogP contribution >= 0.6 is 0 Å². The fourth-order valence-corrected chi connectivity index (χ4v) is 2.83. The Hall–Kier alpha value is -2.18. The molecule has 1 aliphatic carbocycles. The summed E-state index contributed by atoms with van der Waals surface area (Å²) < 4.78 is 1.76. The first kappa shape index (κ1) is 12.8. The number of fused-ring (bicyclic) bond motifs is 1. The molecule has 0 spiro atoms. The van der Waals surface area contributed by atoms with E-state index >= 15 is 0 Å². The number of carbonyl (C=O) groups excluding carboxylic acids is 1. The van der Waals surface area contributed by atoms with Gasteiger partial charge in [0.1, 0.15) is 12.2 Å². The van der Waals surface area contributed by atoms with E-state index in [0.717, 1.165) is 19.4 Å². The van der Waals surface area contributed by atoms with Crippen LogP contribution < -0.4 is 5.32 Å². The van der Waals surface area contributed by atoms with Gasteiger partial charge in [-0.3, -0.25) is 9.59 Å². The van der Waals surface area contributed by atoms with Crippen LogP contribution in [0.2, 0.25) is 0 Å². The van der Waals surface area contributed by atoms with E-state index in [9.17, 15) is 14.7 Å². The van der Waals surface area contributed by atoms with Gasteiger partial charge in [-0.25, -0.2) is 9.67 Å². The fourth-order valence-electron chi connectivity index (χ4n) is 2.83. The SMILES string of the molecule is O=C(O)C1(C(=O)NC2CCCn3ncnc32)CC=CC1. The molecule has 7 nitrogen and oxygen atoms in total. The first-order valence-corrected chi connectivity index (χ1v) is 6.70. The van der Waals surface area contributed by atoms with Gasteiger partial charge in [-0.1, -0.05) is 12.2 Å². The minimum Gasteiger partial charge on any atom is -0.480 e. The van der Waals surface area contributed by atoms with E-state index in [1.54, 1.807) is 16.8 Å². The minimum absolute atomic E-state index is 0.244. The van der Waals surface area contributed by atoms with Crippen molar-refractivity contribution >= 4 is 11.9 Å². The number of amides is 1. The number of aryl methyl sites for hydroxylation is 1. The molecule has 106 valence electrons. The van der Waals surface area contributed by atoms with Gasteiger partial charge in [-0.2, -0.15) is 5.10 Å². The molecule has 0 aromatic carbocycles. The molecular weight excluding hydrogens is 260 g/mol. The molecular formula is C13H16N4O3. The second-order valence-corrected chi connectivity index (χ2v) is 5.28. The number of nitrogens with one attached hydrogen (secondary N) is 1. The van der Waals surface area contributed by atoms with Crippen molar-refractivity contribution < 1.29 is 14.7 Å². The molecule has 2 aliphatic rings. The second-order valence-electron chi connectivity index (χ2n) is 5.28. The highest BCUT2D eigenvalue weighted by Crippen LogP contribution is 2.35. The Morgan fingerprint density at radius 2 is 2.15 bits per heavy atom. The number of carbonyl (C=O) groups is 2. The van der Waals surface area contributed by atoms with Crippen molar-refractivity contribution in [3.63, 3.8) is 0 Å². The zero-order valence-electron chi connectivity index (χ0n) is 11.0. The molecule has 20 heavy (non-hydrogen) atoms. The number of carboxylic acid groups (broad SMARTS) is 1. The fraction of sp³-hybridized carbons (Fsp3) is 0.538. The average molecular weight is 276 g/mol. The van der Waals surface area contributed by atoms with E-state index in [0.29, 0.717) is 5.82 Å². The molecule has 0 saturated carbocycles. The summed E-state index contributed by atoms with van der Waals surface area (Å²) in [6, 6.07) is -0.254. The topological polar surface area (TPSA) is 97.1 Å². The smallest absolute Gasteiger partial charge is 0.319 e. The van der Waals surface area contributed by atoms with Crippen molar-refractivity contribution in [3.05, 3.63) is 24.3 Å². The van der Waals surface area contributed by atoms with Gasteiger partial charge in [0.25, 0.3) is 0 Å². The standard InChI is InChI=1S/C13H16N4O3/c18-11(13(12(19)20)5-1-2-6-13)16-9-4-3-7-17-10(9)14-8-15-17/h1-2,8-9H,3-7H2,(H,16,18)(H,19,20). The van der Waals surface area contributed by atoms with Crippen molar-refractivity contribution in [2.45, 2.75) is 38.3 Å². The van der Waals surface area contributed by atoms with Crippen LogP contribution in [0.3, 0.4) is 0 Å². The largest absolute Gasteiger partial charge is 0.480 e. The highest BCUT2D eigenvalue weighted by atomic mass is 16.4. The van der Waals surface area contributed by atoms with Gasteiger partial charge in [-0.05, 0) is 25.7 Å². The first-order valence-electron chi connectivity index (χ1n) is 6.70. The zero-order valence-corrected chi connectivity index (χ0v) is 11.0. The van der Waals surface area contributed by atoms with Crippen molar-refractivity contribution in [1.82, 2.24) is 20.1 Å². The molecule has 1 aliphatic heterocycles. The molecule has 1 aromatic heterocycles. The molecule has 0 radical (unpaired) electrons. The number of rotatable bonds is 3. The Bertz CT molecular complexity index is 570. The van der Waals surface area contributed by atoms with E-state index in [1.807, 2.05) is 0 Å². The summed E-state index contributed by atoms with van der Waals surface area (Å²) in [4.78, 5) is 28.0. The minimum atomic E-state index is -1.36. The van der Waals surface area contributed by atoms with Crippen LogP contribution in [0.5, 0.6) is 0 Å². The quantitative estimate of drug-likeness (QED) is 0.624. The summed E-state index contributed by atoms with van der Waals surface area (Å²) in [5.41, 5.74) is -1.36. The lowest BCUT2D eigenvalue weighted by molar-refractivity contribution is -0.155. The highest BCUT2D eigenvalue weighted by molar-refractivity contribution is 6.02. The van der Waals surface area contributed by atoms with Crippen LogP contribution in [0, 0.1) is 5.41 Å². The van der Waals surface area contributed by atoms with Crippen LogP contribution in [-0.2, 0) is 16.1 Å². The number of carboxylic acids is 1. The number of hydrogen-bond donors (Lipinski definition) is 2. The number of nitrogens with zero attached hydrogens (tertiary/aromatic N) is 3. The number of aromatic nitrogens is 3. The van der Waals surface area contributed by atoms with Crippen molar-refractivity contribution in [2.24, 2.45) is 5.41 Å². The van der Waals surface area contributed by atoms with E-state index in [2.05, 4.69) is 15.4 Å². The van der Waals surface area contributed by atoms with Crippen molar-refractivity contribution in [2.75, 3.05) is 0 Å². The number of hydrogen-bond acceptors (Lipinski definition) is 4. The molecule has 0 bridgehead atoms. The van der Waals surface area contributed by atoms with Crippen LogP contribution in [0.15, 0.2) is 18.5 Å². The van der Waals surface area contributed by atoms with Gasteiger partial charge in [0.05, 0.1) is 6.04 Å². The number of allylic oxidation sites excluding steroid dienone is 2. The molecule has 2 N–H and O–H groups in total.